The minimum absolute atomic E-state index is 0.0615. The quantitative estimate of drug-likeness (QED) is 0.942. The standard InChI is InChI=1S/C19H21NO3/c1-12-5-4-6-16(13(12)2)19(21)20-14(3)15-7-8-17-18(11-15)23-10-9-22-17/h4-8,11,14H,9-10H2,1-3H3,(H,20,21). The first-order valence-corrected chi connectivity index (χ1v) is 7.83. The molecule has 0 radical (unpaired) electrons. The van der Waals surface area contributed by atoms with Crippen molar-refractivity contribution in [2.45, 2.75) is 26.8 Å². The van der Waals surface area contributed by atoms with Gasteiger partial charge in [-0.1, -0.05) is 18.2 Å². The molecule has 4 heteroatoms. The third kappa shape index (κ3) is 3.16. The lowest BCUT2D eigenvalue weighted by Gasteiger charge is -2.21. The highest BCUT2D eigenvalue weighted by atomic mass is 16.6. The number of carbonyl (C=O) groups is 1. The van der Waals surface area contributed by atoms with Crippen LogP contribution in [-0.4, -0.2) is 19.1 Å². The summed E-state index contributed by atoms with van der Waals surface area (Å²) in [5.74, 6) is 1.43. The maximum absolute atomic E-state index is 12.5. The van der Waals surface area contributed by atoms with Crippen LogP contribution >= 0.6 is 0 Å². The van der Waals surface area contributed by atoms with Crippen LogP contribution in [0.2, 0.25) is 0 Å². The van der Waals surface area contributed by atoms with Crippen LogP contribution in [0.5, 0.6) is 11.5 Å². The van der Waals surface area contributed by atoms with E-state index in [9.17, 15) is 4.79 Å². The van der Waals surface area contributed by atoms with Gasteiger partial charge < -0.3 is 14.8 Å². The van der Waals surface area contributed by atoms with Gasteiger partial charge in [0.2, 0.25) is 0 Å². The van der Waals surface area contributed by atoms with Crippen LogP contribution in [0.1, 0.15) is 40.0 Å². The second-order valence-electron chi connectivity index (χ2n) is 5.85. The first-order valence-electron chi connectivity index (χ1n) is 7.83. The highest BCUT2D eigenvalue weighted by molar-refractivity contribution is 5.96. The number of nitrogens with one attached hydrogen (secondary N) is 1. The van der Waals surface area contributed by atoms with Gasteiger partial charge in [-0.2, -0.15) is 0 Å². The van der Waals surface area contributed by atoms with Crippen molar-refractivity contribution in [1.82, 2.24) is 5.32 Å². The van der Waals surface area contributed by atoms with Gasteiger partial charge in [-0.05, 0) is 55.7 Å². The first-order chi connectivity index (χ1) is 11.1. The SMILES string of the molecule is Cc1cccc(C(=O)NC(C)c2ccc3c(c2)OCCO3)c1C. The Labute approximate surface area is 136 Å². The minimum atomic E-state index is -0.113. The van der Waals surface area contributed by atoms with Gasteiger partial charge in [-0.25, -0.2) is 0 Å². The third-order valence-corrected chi connectivity index (χ3v) is 4.26. The van der Waals surface area contributed by atoms with Gasteiger partial charge in [0.1, 0.15) is 13.2 Å². The summed E-state index contributed by atoms with van der Waals surface area (Å²) in [6, 6.07) is 11.4. The summed E-state index contributed by atoms with van der Waals surface area (Å²) in [4.78, 5) is 12.5. The average Bonchev–Trinajstić information content (AvgIpc) is 2.56. The van der Waals surface area contributed by atoms with E-state index >= 15 is 0 Å². The van der Waals surface area contributed by atoms with Gasteiger partial charge in [-0.3, -0.25) is 4.79 Å². The molecular formula is C19H21NO3. The zero-order valence-electron chi connectivity index (χ0n) is 13.7. The lowest BCUT2D eigenvalue weighted by Crippen LogP contribution is -2.27. The van der Waals surface area contributed by atoms with Crippen LogP contribution in [0.4, 0.5) is 0 Å². The van der Waals surface area contributed by atoms with Crippen molar-refractivity contribution in [3.63, 3.8) is 0 Å². The molecule has 1 N–H and O–H groups in total. The predicted octanol–water partition coefficient (Wildman–Crippen LogP) is 3.57. The number of benzene rings is 2. The molecule has 1 amide bonds. The molecule has 1 aliphatic rings. The Morgan fingerprint density at radius 3 is 2.61 bits per heavy atom. The summed E-state index contributed by atoms with van der Waals surface area (Å²) in [5, 5.41) is 3.05. The second kappa shape index (κ2) is 6.32. The number of hydrogen-bond donors (Lipinski definition) is 1. The smallest absolute Gasteiger partial charge is 0.252 e. The molecule has 1 heterocycles. The Balaban J connectivity index is 1.77. The fourth-order valence-corrected chi connectivity index (χ4v) is 2.68. The molecule has 0 saturated carbocycles. The van der Waals surface area contributed by atoms with Crippen LogP contribution in [0, 0.1) is 13.8 Å². The van der Waals surface area contributed by atoms with Crippen molar-refractivity contribution >= 4 is 5.91 Å². The van der Waals surface area contributed by atoms with Gasteiger partial charge in [0.05, 0.1) is 6.04 Å². The number of carbonyl (C=O) groups excluding carboxylic acids is 1. The maximum Gasteiger partial charge on any atom is 0.252 e. The Morgan fingerprint density at radius 1 is 1.09 bits per heavy atom. The van der Waals surface area contributed by atoms with E-state index in [4.69, 9.17) is 9.47 Å². The van der Waals surface area contributed by atoms with Crippen molar-refractivity contribution in [2.75, 3.05) is 13.2 Å². The fourth-order valence-electron chi connectivity index (χ4n) is 2.68. The summed E-state index contributed by atoms with van der Waals surface area (Å²) in [6.07, 6.45) is 0. The molecule has 120 valence electrons. The molecule has 0 fully saturated rings. The zero-order chi connectivity index (χ0) is 16.4. The van der Waals surface area contributed by atoms with Gasteiger partial charge >= 0.3 is 0 Å². The van der Waals surface area contributed by atoms with E-state index in [-0.39, 0.29) is 11.9 Å². The molecule has 2 aromatic rings. The first kappa shape index (κ1) is 15.4. The average molecular weight is 311 g/mol. The fraction of sp³-hybridized carbons (Fsp3) is 0.316. The summed E-state index contributed by atoms with van der Waals surface area (Å²) < 4.78 is 11.1. The predicted molar refractivity (Wildman–Crippen MR) is 89.2 cm³/mol. The zero-order valence-corrected chi connectivity index (χ0v) is 13.7. The van der Waals surface area contributed by atoms with Crippen molar-refractivity contribution in [3.8, 4) is 11.5 Å². The van der Waals surface area contributed by atoms with Crippen LogP contribution in [0.25, 0.3) is 0 Å². The summed E-state index contributed by atoms with van der Waals surface area (Å²) in [7, 11) is 0. The lowest BCUT2D eigenvalue weighted by atomic mass is 10.0. The van der Waals surface area contributed by atoms with Crippen molar-refractivity contribution < 1.29 is 14.3 Å². The van der Waals surface area contributed by atoms with Crippen molar-refractivity contribution in [3.05, 3.63) is 58.7 Å². The Bertz CT molecular complexity index is 739. The maximum atomic E-state index is 12.5. The monoisotopic (exact) mass is 311 g/mol. The van der Waals surface area contributed by atoms with Crippen molar-refractivity contribution in [1.29, 1.82) is 0 Å². The number of amides is 1. The Morgan fingerprint density at radius 2 is 1.83 bits per heavy atom. The van der Waals surface area contributed by atoms with Gasteiger partial charge in [0.25, 0.3) is 5.91 Å². The molecule has 23 heavy (non-hydrogen) atoms. The number of hydrogen-bond acceptors (Lipinski definition) is 3. The van der Waals surface area contributed by atoms with E-state index in [1.165, 1.54) is 0 Å². The molecule has 3 rings (SSSR count). The minimum Gasteiger partial charge on any atom is -0.486 e. The molecule has 1 atom stereocenters. The highest BCUT2D eigenvalue weighted by Crippen LogP contribution is 2.32. The molecule has 4 nitrogen and oxygen atoms in total. The van der Waals surface area contributed by atoms with E-state index in [1.807, 2.05) is 57.2 Å². The lowest BCUT2D eigenvalue weighted by molar-refractivity contribution is 0.0939. The van der Waals surface area contributed by atoms with Crippen LogP contribution < -0.4 is 14.8 Å². The van der Waals surface area contributed by atoms with Crippen LogP contribution in [0.15, 0.2) is 36.4 Å². The molecule has 0 saturated heterocycles. The summed E-state index contributed by atoms with van der Waals surface area (Å²) >= 11 is 0. The molecule has 0 spiro atoms. The number of ether oxygens (including phenoxy) is 2. The van der Waals surface area contributed by atoms with E-state index in [2.05, 4.69) is 5.32 Å². The number of rotatable bonds is 3. The Kier molecular flexibility index (Phi) is 4.24. The van der Waals surface area contributed by atoms with Gasteiger partial charge in [-0.15, -0.1) is 0 Å². The van der Waals surface area contributed by atoms with E-state index in [1.54, 1.807) is 0 Å². The number of fused-ring (bicyclic) bond motifs is 1. The molecular weight excluding hydrogens is 290 g/mol. The number of aryl methyl sites for hydroxylation is 1. The largest absolute Gasteiger partial charge is 0.486 e. The Hall–Kier alpha value is -2.49. The molecule has 1 unspecified atom stereocenters. The molecule has 1 aliphatic heterocycles. The molecule has 0 aromatic heterocycles. The van der Waals surface area contributed by atoms with Crippen molar-refractivity contribution in [2.24, 2.45) is 0 Å². The topological polar surface area (TPSA) is 47.6 Å². The van der Waals surface area contributed by atoms with Crippen LogP contribution in [-0.2, 0) is 0 Å². The van der Waals surface area contributed by atoms with E-state index in [0.29, 0.717) is 13.2 Å². The van der Waals surface area contributed by atoms with Crippen LogP contribution in [0.3, 0.4) is 0 Å². The van der Waals surface area contributed by atoms with E-state index < -0.39 is 0 Å². The third-order valence-electron chi connectivity index (χ3n) is 4.26. The summed E-state index contributed by atoms with van der Waals surface area (Å²) in [5.41, 5.74) is 3.84. The molecule has 0 aliphatic carbocycles. The highest BCUT2D eigenvalue weighted by Gasteiger charge is 2.17. The molecule has 2 aromatic carbocycles. The van der Waals surface area contributed by atoms with E-state index in [0.717, 1.165) is 33.8 Å². The van der Waals surface area contributed by atoms with Gasteiger partial charge in [0, 0.05) is 5.56 Å². The second-order valence-corrected chi connectivity index (χ2v) is 5.85. The normalized spacial score (nSPS) is 14.2. The molecule has 0 bridgehead atoms. The summed E-state index contributed by atoms with van der Waals surface area (Å²) in [6.45, 7) is 7.08. The van der Waals surface area contributed by atoms with Gasteiger partial charge in [0.15, 0.2) is 11.5 Å².